The minimum atomic E-state index is -0.330. The molecule has 0 spiro atoms. The second-order valence-corrected chi connectivity index (χ2v) is 5.85. The van der Waals surface area contributed by atoms with Crippen LogP contribution >= 0.6 is 11.3 Å². The van der Waals surface area contributed by atoms with Gasteiger partial charge in [-0.25, -0.2) is 0 Å². The number of carbonyl (C=O) groups is 2. The van der Waals surface area contributed by atoms with Crippen LogP contribution in [0.15, 0.2) is 17.5 Å². The molecule has 104 valence electrons. The van der Waals surface area contributed by atoms with Gasteiger partial charge in [-0.15, -0.1) is 11.3 Å². The van der Waals surface area contributed by atoms with Crippen LogP contribution in [0.2, 0.25) is 0 Å². The van der Waals surface area contributed by atoms with Crippen molar-refractivity contribution < 1.29 is 9.59 Å². The maximum Gasteiger partial charge on any atom is 0.245 e. The van der Waals surface area contributed by atoms with E-state index in [-0.39, 0.29) is 17.9 Å². The number of carbonyl (C=O) groups excluding carboxylic acids is 2. The predicted octanol–water partition coefficient (Wildman–Crippen LogP) is 1.81. The zero-order valence-corrected chi connectivity index (χ0v) is 12.0. The van der Waals surface area contributed by atoms with Crippen molar-refractivity contribution in [2.24, 2.45) is 0 Å². The summed E-state index contributed by atoms with van der Waals surface area (Å²) in [5.41, 5.74) is 0. The lowest BCUT2D eigenvalue weighted by Crippen LogP contribution is -2.45. The molecule has 0 saturated carbocycles. The van der Waals surface area contributed by atoms with Gasteiger partial charge in [0, 0.05) is 24.4 Å². The van der Waals surface area contributed by atoms with Gasteiger partial charge in [0.15, 0.2) is 0 Å². The molecule has 0 bridgehead atoms. The van der Waals surface area contributed by atoms with E-state index in [2.05, 4.69) is 11.4 Å². The van der Waals surface area contributed by atoms with Crippen LogP contribution in [0, 0.1) is 0 Å². The summed E-state index contributed by atoms with van der Waals surface area (Å²) in [6.45, 7) is 3.27. The number of thiophene rings is 1. The highest BCUT2D eigenvalue weighted by atomic mass is 32.1. The third-order valence-electron chi connectivity index (χ3n) is 3.34. The molecular formula is C14H20N2O2S. The molecule has 4 nitrogen and oxygen atoms in total. The van der Waals surface area contributed by atoms with Crippen molar-refractivity contribution in [3.8, 4) is 0 Å². The van der Waals surface area contributed by atoms with Crippen LogP contribution in [-0.4, -0.2) is 35.8 Å². The summed E-state index contributed by atoms with van der Waals surface area (Å²) in [5, 5.41) is 4.87. The first-order valence-electron chi connectivity index (χ1n) is 6.81. The summed E-state index contributed by atoms with van der Waals surface area (Å²) < 4.78 is 0. The molecule has 2 rings (SSSR count). The average Bonchev–Trinajstić information content (AvgIpc) is 2.86. The molecule has 1 atom stereocenters. The summed E-state index contributed by atoms with van der Waals surface area (Å²) in [6.07, 6.45) is 2.91. The fourth-order valence-corrected chi connectivity index (χ4v) is 3.00. The van der Waals surface area contributed by atoms with E-state index in [4.69, 9.17) is 0 Å². The molecule has 1 aliphatic heterocycles. The largest absolute Gasteiger partial charge is 0.344 e. The van der Waals surface area contributed by atoms with Gasteiger partial charge >= 0.3 is 0 Å². The molecule has 1 fully saturated rings. The van der Waals surface area contributed by atoms with Gasteiger partial charge < -0.3 is 10.2 Å². The number of rotatable bonds is 5. The SMILES string of the molecule is CCCC1NC(=O)CCN(CCc2cccs2)C1=O. The molecule has 1 aliphatic rings. The van der Waals surface area contributed by atoms with Crippen molar-refractivity contribution in [3.63, 3.8) is 0 Å². The van der Waals surface area contributed by atoms with Crippen LogP contribution in [-0.2, 0) is 16.0 Å². The Bertz CT molecular complexity index is 431. The van der Waals surface area contributed by atoms with Crippen molar-refractivity contribution in [2.75, 3.05) is 13.1 Å². The molecule has 1 aromatic heterocycles. The molecule has 19 heavy (non-hydrogen) atoms. The third kappa shape index (κ3) is 3.80. The maximum absolute atomic E-state index is 12.4. The normalized spacial score (nSPS) is 20.3. The topological polar surface area (TPSA) is 49.4 Å². The molecule has 2 amide bonds. The molecule has 0 aliphatic carbocycles. The highest BCUT2D eigenvalue weighted by molar-refractivity contribution is 7.09. The molecule has 1 N–H and O–H groups in total. The van der Waals surface area contributed by atoms with Crippen LogP contribution in [0.4, 0.5) is 0 Å². The Morgan fingerprint density at radius 3 is 3.00 bits per heavy atom. The van der Waals surface area contributed by atoms with E-state index >= 15 is 0 Å². The highest BCUT2D eigenvalue weighted by Gasteiger charge is 2.28. The van der Waals surface area contributed by atoms with Gasteiger partial charge in [0.1, 0.15) is 6.04 Å². The van der Waals surface area contributed by atoms with E-state index in [9.17, 15) is 9.59 Å². The van der Waals surface area contributed by atoms with Crippen LogP contribution in [0.5, 0.6) is 0 Å². The van der Waals surface area contributed by atoms with E-state index in [1.54, 1.807) is 11.3 Å². The first kappa shape index (κ1) is 14.1. The van der Waals surface area contributed by atoms with Gasteiger partial charge in [-0.3, -0.25) is 9.59 Å². The Labute approximate surface area is 117 Å². The highest BCUT2D eigenvalue weighted by Crippen LogP contribution is 2.13. The summed E-state index contributed by atoms with van der Waals surface area (Å²) in [5.74, 6) is 0.0645. The molecule has 0 radical (unpaired) electrons. The van der Waals surface area contributed by atoms with Gasteiger partial charge in [-0.05, 0) is 24.3 Å². The second-order valence-electron chi connectivity index (χ2n) is 4.81. The molecular weight excluding hydrogens is 260 g/mol. The van der Waals surface area contributed by atoms with Gasteiger partial charge in [0.25, 0.3) is 0 Å². The van der Waals surface area contributed by atoms with E-state index in [0.29, 0.717) is 19.5 Å². The lowest BCUT2D eigenvalue weighted by atomic mass is 10.1. The van der Waals surface area contributed by atoms with Crippen LogP contribution in [0.3, 0.4) is 0 Å². The number of nitrogens with zero attached hydrogens (tertiary/aromatic N) is 1. The van der Waals surface area contributed by atoms with Crippen molar-refractivity contribution in [3.05, 3.63) is 22.4 Å². The van der Waals surface area contributed by atoms with Gasteiger partial charge in [-0.2, -0.15) is 0 Å². The quantitative estimate of drug-likeness (QED) is 0.894. The Hall–Kier alpha value is -1.36. The lowest BCUT2D eigenvalue weighted by Gasteiger charge is -2.23. The van der Waals surface area contributed by atoms with E-state index < -0.39 is 0 Å². The van der Waals surface area contributed by atoms with Gasteiger partial charge in [0.05, 0.1) is 0 Å². The molecule has 1 unspecified atom stereocenters. The molecule has 5 heteroatoms. The number of hydrogen-bond donors (Lipinski definition) is 1. The van der Waals surface area contributed by atoms with Crippen molar-refractivity contribution in [1.82, 2.24) is 10.2 Å². The van der Waals surface area contributed by atoms with Gasteiger partial charge in [-0.1, -0.05) is 19.4 Å². The first-order chi connectivity index (χ1) is 9.20. The summed E-state index contributed by atoms with van der Waals surface area (Å²) in [7, 11) is 0. The predicted molar refractivity (Wildman–Crippen MR) is 76.1 cm³/mol. The molecule has 2 heterocycles. The maximum atomic E-state index is 12.4. The zero-order valence-electron chi connectivity index (χ0n) is 11.2. The Kier molecular flexibility index (Phi) is 4.96. The fraction of sp³-hybridized carbons (Fsp3) is 0.571. The fourth-order valence-electron chi connectivity index (χ4n) is 2.30. The standard InChI is InChI=1S/C14H20N2O2S/c1-2-4-12-14(18)16(9-7-13(17)15-12)8-6-11-5-3-10-19-11/h3,5,10,12H,2,4,6-9H2,1H3,(H,15,17). The van der Waals surface area contributed by atoms with E-state index in [1.807, 2.05) is 23.3 Å². The van der Waals surface area contributed by atoms with Crippen LogP contribution in [0.1, 0.15) is 31.1 Å². The minimum absolute atomic E-state index is 0.00887. The molecule has 1 saturated heterocycles. The van der Waals surface area contributed by atoms with Crippen LogP contribution in [0.25, 0.3) is 0 Å². The smallest absolute Gasteiger partial charge is 0.245 e. The van der Waals surface area contributed by atoms with E-state index in [0.717, 1.165) is 19.3 Å². The van der Waals surface area contributed by atoms with Crippen LogP contribution < -0.4 is 5.32 Å². The van der Waals surface area contributed by atoms with Crippen molar-refractivity contribution in [1.29, 1.82) is 0 Å². The summed E-state index contributed by atoms with van der Waals surface area (Å²) in [6, 6.07) is 3.78. The van der Waals surface area contributed by atoms with Crippen molar-refractivity contribution >= 4 is 23.2 Å². The zero-order chi connectivity index (χ0) is 13.7. The number of nitrogens with one attached hydrogen (secondary N) is 1. The third-order valence-corrected chi connectivity index (χ3v) is 4.28. The first-order valence-corrected chi connectivity index (χ1v) is 7.69. The number of amides is 2. The van der Waals surface area contributed by atoms with Crippen molar-refractivity contribution in [2.45, 2.75) is 38.6 Å². The summed E-state index contributed by atoms with van der Waals surface area (Å²) >= 11 is 1.71. The minimum Gasteiger partial charge on any atom is -0.344 e. The van der Waals surface area contributed by atoms with E-state index in [1.165, 1.54) is 4.88 Å². The summed E-state index contributed by atoms with van der Waals surface area (Å²) in [4.78, 5) is 27.1. The van der Waals surface area contributed by atoms with Gasteiger partial charge in [0.2, 0.25) is 11.8 Å². The second kappa shape index (κ2) is 6.70. The lowest BCUT2D eigenvalue weighted by molar-refractivity contribution is -0.133. The molecule has 0 aromatic carbocycles. The Morgan fingerprint density at radius 1 is 1.47 bits per heavy atom. The molecule has 1 aromatic rings. The Morgan fingerprint density at radius 2 is 2.32 bits per heavy atom. The monoisotopic (exact) mass is 280 g/mol. The average molecular weight is 280 g/mol. The number of hydrogen-bond acceptors (Lipinski definition) is 3. The Balaban J connectivity index is 1.97.